The second-order valence-electron chi connectivity index (χ2n) is 5.14. The molecule has 0 spiro atoms. The molecule has 0 aromatic carbocycles. The number of unbranched alkanes of at least 4 members (excludes halogenated alkanes) is 3. The fourth-order valence-corrected chi connectivity index (χ4v) is 2.96. The van der Waals surface area contributed by atoms with Crippen LogP contribution in [0.5, 0.6) is 0 Å². The Morgan fingerprint density at radius 1 is 1.31 bits per heavy atom. The highest BCUT2D eigenvalue weighted by molar-refractivity contribution is 5.81. The number of rotatable bonds is 5. The van der Waals surface area contributed by atoms with Crippen LogP contribution < -0.4 is 0 Å². The van der Waals surface area contributed by atoms with Gasteiger partial charge in [0.05, 0.1) is 0 Å². The third-order valence-corrected chi connectivity index (χ3v) is 3.86. The quantitative estimate of drug-likeness (QED) is 0.525. The van der Waals surface area contributed by atoms with E-state index in [-0.39, 0.29) is 0 Å². The Bertz CT molecular complexity index is 272. The van der Waals surface area contributed by atoms with Crippen LogP contribution in [0.1, 0.15) is 51.9 Å². The maximum atomic E-state index is 11.6. The van der Waals surface area contributed by atoms with Gasteiger partial charge in [-0.25, -0.2) is 0 Å². The van der Waals surface area contributed by atoms with Crippen molar-refractivity contribution < 1.29 is 4.79 Å². The minimum atomic E-state index is 0.428. The molecule has 0 aromatic heterocycles. The zero-order chi connectivity index (χ0) is 11.4. The molecule has 1 fully saturated rings. The number of hydrogen-bond donors (Lipinski definition) is 0. The topological polar surface area (TPSA) is 20.3 Å². The van der Waals surface area contributed by atoms with E-state index in [1.54, 1.807) is 0 Å². The van der Waals surface area contributed by atoms with E-state index in [0.717, 1.165) is 19.4 Å². The van der Waals surface area contributed by atoms with Crippen molar-refractivity contribution in [2.45, 2.75) is 64.0 Å². The van der Waals surface area contributed by atoms with Gasteiger partial charge in [-0.1, -0.05) is 44.8 Å². The van der Waals surface area contributed by atoms with Crippen LogP contribution in [0.25, 0.3) is 0 Å². The van der Waals surface area contributed by atoms with Crippen LogP contribution >= 0.6 is 0 Å². The average molecular weight is 221 g/mol. The standard InChI is InChI=1S/C14H23NO/c1-2-3-4-5-7-12-10-14(16)11-13-8-6-9-15(12)13/h6,8,12-13H,2-5,7,9-11H2,1H3/t12-,13-/m0/s1. The maximum absolute atomic E-state index is 11.6. The first-order valence-electron chi connectivity index (χ1n) is 6.75. The SMILES string of the molecule is CCCCCC[C@H]1CC(=O)C[C@@H]2C=CCN12. The summed E-state index contributed by atoms with van der Waals surface area (Å²) in [7, 11) is 0. The van der Waals surface area contributed by atoms with E-state index in [9.17, 15) is 4.79 Å². The number of hydrogen-bond acceptors (Lipinski definition) is 2. The Morgan fingerprint density at radius 3 is 3.00 bits per heavy atom. The van der Waals surface area contributed by atoms with Crippen LogP contribution in [0.2, 0.25) is 0 Å². The van der Waals surface area contributed by atoms with Crippen molar-refractivity contribution in [3.63, 3.8) is 0 Å². The molecule has 2 heteroatoms. The van der Waals surface area contributed by atoms with Gasteiger partial charge in [-0.3, -0.25) is 9.69 Å². The first-order valence-corrected chi connectivity index (χ1v) is 6.75. The lowest BCUT2D eigenvalue weighted by Crippen LogP contribution is -2.46. The normalized spacial score (nSPS) is 29.7. The Hall–Kier alpha value is -0.630. The van der Waals surface area contributed by atoms with E-state index >= 15 is 0 Å². The summed E-state index contributed by atoms with van der Waals surface area (Å²) < 4.78 is 0. The molecular formula is C14H23NO. The summed E-state index contributed by atoms with van der Waals surface area (Å²) >= 11 is 0. The van der Waals surface area contributed by atoms with Gasteiger partial charge in [0.15, 0.2) is 0 Å². The molecule has 0 saturated carbocycles. The molecule has 16 heavy (non-hydrogen) atoms. The molecular weight excluding hydrogens is 198 g/mol. The van der Waals surface area contributed by atoms with Crippen LogP contribution in [-0.4, -0.2) is 29.3 Å². The molecule has 0 unspecified atom stereocenters. The van der Waals surface area contributed by atoms with E-state index in [0.29, 0.717) is 17.9 Å². The van der Waals surface area contributed by atoms with Crippen molar-refractivity contribution in [1.82, 2.24) is 4.90 Å². The summed E-state index contributed by atoms with van der Waals surface area (Å²) in [5, 5.41) is 0. The molecule has 2 rings (SSSR count). The van der Waals surface area contributed by atoms with Crippen LogP contribution in [0, 0.1) is 0 Å². The predicted molar refractivity (Wildman–Crippen MR) is 66.4 cm³/mol. The first kappa shape index (κ1) is 11.8. The lowest BCUT2D eigenvalue weighted by atomic mass is 9.92. The van der Waals surface area contributed by atoms with E-state index in [4.69, 9.17) is 0 Å². The lowest BCUT2D eigenvalue weighted by Gasteiger charge is -2.37. The molecule has 0 radical (unpaired) electrons. The van der Waals surface area contributed by atoms with Gasteiger partial charge in [-0.15, -0.1) is 0 Å². The molecule has 0 N–H and O–H groups in total. The third-order valence-electron chi connectivity index (χ3n) is 3.86. The van der Waals surface area contributed by atoms with Gasteiger partial charge in [0.1, 0.15) is 5.78 Å². The van der Waals surface area contributed by atoms with Crippen molar-refractivity contribution >= 4 is 5.78 Å². The first-order chi connectivity index (χ1) is 7.81. The van der Waals surface area contributed by atoms with Gasteiger partial charge >= 0.3 is 0 Å². The molecule has 90 valence electrons. The molecule has 2 heterocycles. The molecule has 2 atom stereocenters. The predicted octanol–water partition coefficient (Wildman–Crippen LogP) is 2.93. The van der Waals surface area contributed by atoms with Crippen molar-refractivity contribution in [1.29, 1.82) is 0 Å². The smallest absolute Gasteiger partial charge is 0.136 e. The van der Waals surface area contributed by atoms with Crippen LogP contribution in [-0.2, 0) is 4.79 Å². The van der Waals surface area contributed by atoms with Crippen molar-refractivity contribution in [2.24, 2.45) is 0 Å². The molecule has 0 amide bonds. The summed E-state index contributed by atoms with van der Waals surface area (Å²) in [6, 6.07) is 0.954. The van der Waals surface area contributed by atoms with Crippen LogP contribution in [0.4, 0.5) is 0 Å². The van der Waals surface area contributed by atoms with E-state index < -0.39 is 0 Å². The molecule has 0 aromatic rings. The number of carbonyl (C=O) groups excluding carboxylic acids is 1. The molecule has 2 aliphatic heterocycles. The minimum absolute atomic E-state index is 0.428. The largest absolute Gasteiger partial charge is 0.300 e. The lowest BCUT2D eigenvalue weighted by molar-refractivity contribution is -0.124. The summed E-state index contributed by atoms with van der Waals surface area (Å²) in [6.45, 7) is 3.31. The highest BCUT2D eigenvalue weighted by Crippen LogP contribution is 2.28. The van der Waals surface area contributed by atoms with E-state index in [1.165, 1.54) is 32.1 Å². The monoisotopic (exact) mass is 221 g/mol. The number of ketones is 1. The molecule has 1 saturated heterocycles. The van der Waals surface area contributed by atoms with Gasteiger partial charge < -0.3 is 0 Å². The molecule has 0 aliphatic carbocycles. The number of fused-ring (bicyclic) bond motifs is 1. The average Bonchev–Trinajstić information content (AvgIpc) is 2.72. The van der Waals surface area contributed by atoms with E-state index in [1.807, 2.05) is 0 Å². The Kier molecular flexibility index (Phi) is 4.16. The summed E-state index contributed by atoms with van der Waals surface area (Å²) in [6.07, 6.45) is 12.4. The summed E-state index contributed by atoms with van der Waals surface area (Å²) in [4.78, 5) is 14.2. The number of Topliss-reactive ketones (excluding diaryl/α,β-unsaturated/α-hetero) is 1. The number of piperidine rings is 1. The summed E-state index contributed by atoms with van der Waals surface area (Å²) in [5.41, 5.74) is 0. The van der Waals surface area contributed by atoms with Gasteiger partial charge in [0, 0.05) is 31.5 Å². The highest BCUT2D eigenvalue weighted by atomic mass is 16.1. The Morgan fingerprint density at radius 2 is 2.19 bits per heavy atom. The van der Waals surface area contributed by atoms with Gasteiger partial charge in [-0.2, -0.15) is 0 Å². The third kappa shape index (κ3) is 2.73. The highest BCUT2D eigenvalue weighted by Gasteiger charge is 2.34. The van der Waals surface area contributed by atoms with Gasteiger partial charge in [0.25, 0.3) is 0 Å². The maximum Gasteiger partial charge on any atom is 0.136 e. The van der Waals surface area contributed by atoms with E-state index in [2.05, 4.69) is 24.0 Å². The van der Waals surface area contributed by atoms with Crippen molar-refractivity contribution in [2.75, 3.05) is 6.54 Å². The van der Waals surface area contributed by atoms with Gasteiger partial charge in [-0.05, 0) is 6.42 Å². The fourth-order valence-electron chi connectivity index (χ4n) is 2.96. The van der Waals surface area contributed by atoms with Gasteiger partial charge in [0.2, 0.25) is 0 Å². The molecule has 2 nitrogen and oxygen atoms in total. The fraction of sp³-hybridized carbons (Fsp3) is 0.786. The molecule has 2 aliphatic rings. The minimum Gasteiger partial charge on any atom is -0.300 e. The van der Waals surface area contributed by atoms with Crippen molar-refractivity contribution in [3.05, 3.63) is 12.2 Å². The second kappa shape index (κ2) is 5.62. The second-order valence-corrected chi connectivity index (χ2v) is 5.14. The zero-order valence-corrected chi connectivity index (χ0v) is 10.3. The Labute approximate surface area is 98.7 Å². The zero-order valence-electron chi connectivity index (χ0n) is 10.3. The van der Waals surface area contributed by atoms with Crippen LogP contribution in [0.15, 0.2) is 12.2 Å². The summed E-state index contributed by atoms with van der Waals surface area (Å²) in [5.74, 6) is 0.466. The number of nitrogens with zero attached hydrogens (tertiary/aromatic N) is 1. The molecule has 0 bridgehead atoms. The Balaban J connectivity index is 1.80. The van der Waals surface area contributed by atoms with Crippen LogP contribution in [0.3, 0.4) is 0 Å². The van der Waals surface area contributed by atoms with Crippen molar-refractivity contribution in [3.8, 4) is 0 Å². The number of carbonyl (C=O) groups is 1.